The lowest BCUT2D eigenvalue weighted by molar-refractivity contribution is -0.167. The first-order valence-electron chi connectivity index (χ1n) is 27.7. The average Bonchev–Trinajstić information content (AvgIpc) is 3.24. The number of hydrogen-bond donors (Lipinski definition) is 0. The summed E-state index contributed by atoms with van der Waals surface area (Å²) in [7, 11) is 0. The van der Waals surface area contributed by atoms with E-state index in [1.807, 2.05) is 0 Å². The van der Waals surface area contributed by atoms with Gasteiger partial charge < -0.3 is 14.2 Å². The Morgan fingerprint density at radius 1 is 0.306 bits per heavy atom. The molecule has 1 atom stereocenters. The average molecular weight is 877 g/mol. The van der Waals surface area contributed by atoms with Crippen LogP contribution in [0.3, 0.4) is 0 Å². The van der Waals surface area contributed by atoms with Crippen LogP contribution < -0.4 is 0 Å². The maximum Gasteiger partial charge on any atom is 0.306 e. The monoisotopic (exact) mass is 877 g/mol. The summed E-state index contributed by atoms with van der Waals surface area (Å²) in [4.78, 5) is 38.0. The second-order valence-corrected chi connectivity index (χ2v) is 20.2. The molecule has 0 bridgehead atoms. The maximum absolute atomic E-state index is 12.8. The Morgan fingerprint density at radius 3 is 0.790 bits per heavy atom. The summed E-state index contributed by atoms with van der Waals surface area (Å²) in [5.74, 6) is 0.829. The van der Waals surface area contributed by atoms with Crippen LogP contribution in [0.4, 0.5) is 0 Å². The van der Waals surface area contributed by atoms with Crippen LogP contribution in [0.25, 0.3) is 0 Å². The minimum Gasteiger partial charge on any atom is -0.462 e. The highest BCUT2D eigenvalue weighted by molar-refractivity contribution is 5.71. The second kappa shape index (κ2) is 48.9. The van der Waals surface area contributed by atoms with Crippen LogP contribution in [0.5, 0.6) is 0 Å². The molecule has 0 rings (SSSR count). The topological polar surface area (TPSA) is 78.9 Å². The van der Waals surface area contributed by atoms with E-state index >= 15 is 0 Å². The van der Waals surface area contributed by atoms with Gasteiger partial charge in [0.15, 0.2) is 6.10 Å². The van der Waals surface area contributed by atoms with Gasteiger partial charge in [0.1, 0.15) is 13.2 Å². The molecule has 0 radical (unpaired) electrons. The van der Waals surface area contributed by atoms with Crippen molar-refractivity contribution in [3.63, 3.8) is 0 Å². The molecule has 0 saturated carbocycles. The Kier molecular flexibility index (Phi) is 47.6. The number of carbonyl (C=O) groups excluding carboxylic acids is 3. The molecule has 6 nitrogen and oxygen atoms in total. The van der Waals surface area contributed by atoms with E-state index in [-0.39, 0.29) is 31.1 Å². The molecule has 368 valence electrons. The largest absolute Gasteiger partial charge is 0.462 e. The highest BCUT2D eigenvalue weighted by Crippen LogP contribution is 2.18. The van der Waals surface area contributed by atoms with Crippen LogP contribution in [0.1, 0.15) is 311 Å². The number of ether oxygens (including phenoxy) is 3. The smallest absolute Gasteiger partial charge is 0.306 e. The first-order chi connectivity index (χ1) is 30.2. The number of esters is 3. The summed E-state index contributed by atoms with van der Waals surface area (Å²) in [5, 5.41) is 0. The van der Waals surface area contributed by atoms with E-state index < -0.39 is 6.10 Å². The van der Waals surface area contributed by atoms with Crippen molar-refractivity contribution in [2.24, 2.45) is 11.8 Å². The quantitative estimate of drug-likeness (QED) is 0.0344. The number of hydrogen-bond acceptors (Lipinski definition) is 6. The van der Waals surface area contributed by atoms with Gasteiger partial charge in [-0.3, -0.25) is 14.4 Å². The number of unbranched alkanes of at least 4 members (excludes halogenated alkanes) is 35. The third-order valence-corrected chi connectivity index (χ3v) is 12.7. The van der Waals surface area contributed by atoms with Gasteiger partial charge in [-0.25, -0.2) is 0 Å². The Hall–Kier alpha value is -1.59. The summed E-state index contributed by atoms with van der Waals surface area (Å²) in [6.45, 7) is 11.4. The molecule has 0 aliphatic rings. The van der Waals surface area contributed by atoms with Gasteiger partial charge in [-0.15, -0.1) is 0 Å². The highest BCUT2D eigenvalue weighted by Gasteiger charge is 2.19. The van der Waals surface area contributed by atoms with Crippen LogP contribution in [0.15, 0.2) is 0 Å². The van der Waals surface area contributed by atoms with Crippen molar-refractivity contribution in [2.75, 3.05) is 13.2 Å². The van der Waals surface area contributed by atoms with Crippen molar-refractivity contribution < 1.29 is 28.6 Å². The highest BCUT2D eigenvalue weighted by atomic mass is 16.6. The number of rotatable bonds is 50. The van der Waals surface area contributed by atoms with Gasteiger partial charge in [0, 0.05) is 19.3 Å². The molecule has 0 aliphatic heterocycles. The van der Waals surface area contributed by atoms with Gasteiger partial charge in [0.05, 0.1) is 0 Å². The number of carbonyl (C=O) groups is 3. The third kappa shape index (κ3) is 49.4. The predicted molar refractivity (Wildman–Crippen MR) is 266 cm³/mol. The van der Waals surface area contributed by atoms with E-state index in [0.29, 0.717) is 19.3 Å². The fourth-order valence-electron chi connectivity index (χ4n) is 8.52. The summed E-state index contributed by atoms with van der Waals surface area (Å²) >= 11 is 0. The molecule has 0 fully saturated rings. The molecule has 0 N–H and O–H groups in total. The molecule has 0 spiro atoms. The van der Waals surface area contributed by atoms with Gasteiger partial charge in [-0.05, 0) is 31.1 Å². The Labute approximate surface area is 387 Å². The van der Waals surface area contributed by atoms with E-state index in [0.717, 1.165) is 69.6 Å². The summed E-state index contributed by atoms with van der Waals surface area (Å²) in [5.41, 5.74) is 0. The fourth-order valence-corrected chi connectivity index (χ4v) is 8.52. The van der Waals surface area contributed by atoms with Gasteiger partial charge >= 0.3 is 17.9 Å². The second-order valence-electron chi connectivity index (χ2n) is 20.2. The van der Waals surface area contributed by atoms with E-state index in [4.69, 9.17) is 14.2 Å². The fraction of sp³-hybridized carbons (Fsp3) is 0.946. The van der Waals surface area contributed by atoms with Gasteiger partial charge in [-0.2, -0.15) is 0 Å². The van der Waals surface area contributed by atoms with Gasteiger partial charge in [0.2, 0.25) is 0 Å². The lowest BCUT2D eigenvalue weighted by atomic mass is 10.0. The maximum atomic E-state index is 12.8. The zero-order chi connectivity index (χ0) is 45.4. The summed E-state index contributed by atoms with van der Waals surface area (Å²) in [6.07, 6.45) is 50.9. The minimum atomic E-state index is -0.762. The summed E-state index contributed by atoms with van der Waals surface area (Å²) in [6, 6.07) is 0. The Balaban J connectivity index is 4.29. The van der Waals surface area contributed by atoms with Crippen molar-refractivity contribution in [1.82, 2.24) is 0 Å². The lowest BCUT2D eigenvalue weighted by Gasteiger charge is -2.18. The van der Waals surface area contributed by atoms with Crippen LogP contribution in [-0.4, -0.2) is 37.2 Å². The van der Waals surface area contributed by atoms with Crippen LogP contribution in [0.2, 0.25) is 0 Å². The van der Waals surface area contributed by atoms with Crippen molar-refractivity contribution in [3.05, 3.63) is 0 Å². The minimum absolute atomic E-state index is 0.0630. The molecule has 0 unspecified atom stereocenters. The normalized spacial score (nSPS) is 12.0. The van der Waals surface area contributed by atoms with Gasteiger partial charge in [-0.1, -0.05) is 272 Å². The van der Waals surface area contributed by atoms with E-state index in [2.05, 4.69) is 34.6 Å². The SMILES string of the molecule is CCCCCCCCCCCCCCCC(=O)O[C@H](COC(=O)CCCCCCCCCCCCCCCCC(C)C)COC(=O)CCCCCCCCCCCCCC(C)C. The molecule has 0 saturated heterocycles. The molecule has 0 amide bonds. The van der Waals surface area contributed by atoms with Crippen LogP contribution in [0, 0.1) is 11.8 Å². The van der Waals surface area contributed by atoms with Gasteiger partial charge in [0.25, 0.3) is 0 Å². The van der Waals surface area contributed by atoms with Crippen LogP contribution >= 0.6 is 0 Å². The Morgan fingerprint density at radius 2 is 0.532 bits per heavy atom. The standard InChI is InChI=1S/C56H108O6/c1-6-7-8-9-10-11-12-15-22-28-33-38-43-48-56(59)62-53(50-61-55(58)47-42-37-32-27-23-18-20-25-30-35-40-45-52(4)5)49-60-54(57)46-41-36-31-26-21-17-14-13-16-19-24-29-34-39-44-51(2)3/h51-53H,6-50H2,1-5H3/t53-/m1/s1. The summed E-state index contributed by atoms with van der Waals surface area (Å²) < 4.78 is 16.9. The zero-order valence-electron chi connectivity index (χ0n) is 42.5. The molecule has 0 aliphatic carbocycles. The molecule has 62 heavy (non-hydrogen) atoms. The first kappa shape index (κ1) is 60.4. The van der Waals surface area contributed by atoms with Crippen molar-refractivity contribution in [3.8, 4) is 0 Å². The predicted octanol–water partition coefficient (Wildman–Crippen LogP) is 18.1. The molecule has 0 aromatic heterocycles. The first-order valence-corrected chi connectivity index (χ1v) is 27.7. The molecule has 0 aromatic rings. The molecule has 6 heteroatoms. The molecule has 0 aromatic carbocycles. The van der Waals surface area contributed by atoms with E-state index in [1.54, 1.807) is 0 Å². The molecule has 0 heterocycles. The lowest BCUT2D eigenvalue weighted by Crippen LogP contribution is -2.30. The van der Waals surface area contributed by atoms with Crippen molar-refractivity contribution >= 4 is 17.9 Å². The van der Waals surface area contributed by atoms with Crippen molar-refractivity contribution in [1.29, 1.82) is 0 Å². The molecular weight excluding hydrogens is 769 g/mol. The van der Waals surface area contributed by atoms with E-state index in [9.17, 15) is 14.4 Å². The molecular formula is C56H108O6. The Bertz CT molecular complexity index is 947. The third-order valence-electron chi connectivity index (χ3n) is 12.7. The zero-order valence-corrected chi connectivity index (χ0v) is 42.5. The van der Waals surface area contributed by atoms with Crippen molar-refractivity contribution in [2.45, 2.75) is 317 Å². The van der Waals surface area contributed by atoms with E-state index in [1.165, 1.54) is 199 Å². The van der Waals surface area contributed by atoms with Crippen LogP contribution in [-0.2, 0) is 28.6 Å².